The van der Waals surface area contributed by atoms with E-state index in [0.29, 0.717) is 0 Å². The summed E-state index contributed by atoms with van der Waals surface area (Å²) < 4.78 is 20.2. The summed E-state index contributed by atoms with van der Waals surface area (Å²) in [7, 11) is 0. The van der Waals surface area contributed by atoms with Gasteiger partial charge in [-0.05, 0) is 12.1 Å². The van der Waals surface area contributed by atoms with Gasteiger partial charge in [-0.15, -0.1) is 0 Å². The molecule has 0 radical (unpaired) electrons. The molecule has 3 nitrogen and oxygen atoms in total. The smallest absolute Gasteiger partial charge is 0.197 e. The zero-order valence-corrected chi connectivity index (χ0v) is 6.40. The highest BCUT2D eigenvalue weighted by atomic mass is 32.1. The summed E-state index contributed by atoms with van der Waals surface area (Å²) in [5, 5.41) is 0. The van der Waals surface area contributed by atoms with Crippen LogP contribution in [0, 0.1) is 5.82 Å². The van der Waals surface area contributed by atoms with Crippen LogP contribution in [0.3, 0.4) is 0 Å². The minimum absolute atomic E-state index is 0.0255. The SMILES string of the molecule is Nc1cccc(F)c1N.O=S. The first kappa shape index (κ1) is 9.77. The van der Waals surface area contributed by atoms with Crippen LogP contribution in [0.25, 0.3) is 0 Å². The van der Waals surface area contributed by atoms with Crippen molar-refractivity contribution in [1.82, 2.24) is 0 Å². The summed E-state index contributed by atoms with van der Waals surface area (Å²) in [5.41, 5.74) is 10.8. The van der Waals surface area contributed by atoms with Gasteiger partial charge in [-0.25, -0.2) is 4.39 Å². The van der Waals surface area contributed by atoms with Crippen molar-refractivity contribution < 1.29 is 8.60 Å². The first-order chi connectivity index (χ1) is 5.22. The van der Waals surface area contributed by atoms with Gasteiger partial charge in [0.25, 0.3) is 0 Å². The maximum absolute atomic E-state index is 12.4. The third-order valence-corrected chi connectivity index (χ3v) is 1.09. The molecule has 0 fully saturated rings. The van der Waals surface area contributed by atoms with Crippen LogP contribution in [0.5, 0.6) is 0 Å². The van der Waals surface area contributed by atoms with Crippen molar-refractivity contribution in [2.75, 3.05) is 11.5 Å². The second kappa shape index (κ2) is 4.56. The monoisotopic (exact) mass is 174 g/mol. The molecule has 0 aliphatic heterocycles. The van der Waals surface area contributed by atoms with Gasteiger partial charge < -0.3 is 11.5 Å². The summed E-state index contributed by atoms with van der Waals surface area (Å²) in [6.07, 6.45) is 0. The van der Waals surface area contributed by atoms with Crippen LogP contribution in [0.4, 0.5) is 15.8 Å². The third-order valence-electron chi connectivity index (χ3n) is 1.09. The fourth-order valence-electron chi connectivity index (χ4n) is 0.554. The summed E-state index contributed by atoms with van der Waals surface area (Å²) in [6, 6.07) is 4.34. The van der Waals surface area contributed by atoms with Crippen LogP contribution < -0.4 is 11.5 Å². The molecule has 1 aromatic carbocycles. The molecule has 4 N–H and O–H groups in total. The minimum atomic E-state index is -0.463. The van der Waals surface area contributed by atoms with Gasteiger partial charge in [-0.1, -0.05) is 6.07 Å². The average molecular weight is 174 g/mol. The van der Waals surface area contributed by atoms with Crippen LogP contribution in [-0.2, 0) is 12.5 Å². The highest BCUT2D eigenvalue weighted by Crippen LogP contribution is 2.16. The molecule has 11 heavy (non-hydrogen) atoms. The fraction of sp³-hybridized carbons (Fsp3) is 0. The number of nitrogen functional groups attached to an aromatic ring is 2. The Hall–Kier alpha value is -1.23. The molecule has 5 heteroatoms. The van der Waals surface area contributed by atoms with E-state index in [1.54, 1.807) is 6.07 Å². The first-order valence-corrected chi connectivity index (χ1v) is 3.01. The number of rotatable bonds is 0. The number of hydrogen-bond donors (Lipinski definition) is 2. The van der Waals surface area contributed by atoms with Gasteiger partial charge in [0, 0.05) is 0 Å². The molecular weight excluding hydrogens is 167 g/mol. The lowest BCUT2D eigenvalue weighted by atomic mass is 10.3. The fourth-order valence-corrected chi connectivity index (χ4v) is 0.554. The second-order valence-corrected chi connectivity index (χ2v) is 1.74. The highest BCUT2D eigenvalue weighted by molar-refractivity contribution is 7.44. The lowest BCUT2D eigenvalue weighted by Crippen LogP contribution is -1.96. The Kier molecular flexibility index (Phi) is 4.05. The topological polar surface area (TPSA) is 69.1 Å². The predicted molar refractivity (Wildman–Crippen MR) is 43.4 cm³/mol. The largest absolute Gasteiger partial charge is 0.397 e. The van der Waals surface area contributed by atoms with Crippen LogP contribution in [-0.4, -0.2) is 4.21 Å². The lowest BCUT2D eigenvalue weighted by Gasteiger charge is -1.97. The quantitative estimate of drug-likeness (QED) is 0.567. The lowest BCUT2D eigenvalue weighted by molar-refractivity contribution is 0.633. The van der Waals surface area contributed by atoms with Gasteiger partial charge in [0.05, 0.1) is 11.4 Å². The van der Waals surface area contributed by atoms with Crippen LogP contribution in [0.15, 0.2) is 18.2 Å². The Morgan fingerprint density at radius 1 is 1.27 bits per heavy atom. The number of nitrogens with two attached hydrogens (primary N) is 2. The predicted octanol–water partition coefficient (Wildman–Crippen LogP) is 0.654. The summed E-state index contributed by atoms with van der Waals surface area (Å²) in [5.74, 6) is -0.463. The van der Waals surface area contributed by atoms with Gasteiger partial charge in [-0.2, -0.15) is 4.21 Å². The Balaban J connectivity index is 0.000000461. The van der Waals surface area contributed by atoms with Crippen LogP contribution in [0.2, 0.25) is 0 Å². The van der Waals surface area contributed by atoms with Gasteiger partial charge in [0.1, 0.15) is 5.82 Å². The standard InChI is InChI=1S/C6H7FN2.OS/c7-4-2-1-3-5(8)6(4)9;1-2/h1-3H,8-9H2;. The number of hydrogen-bond acceptors (Lipinski definition) is 4. The van der Waals surface area contributed by atoms with Gasteiger partial charge in [0.15, 0.2) is 12.5 Å². The molecule has 0 unspecified atom stereocenters. The Morgan fingerprint density at radius 3 is 2.18 bits per heavy atom. The molecule has 1 aromatic rings. The molecule has 1 rings (SSSR count). The van der Waals surface area contributed by atoms with Crippen molar-refractivity contribution >= 4 is 23.9 Å². The molecule has 0 atom stereocenters. The highest BCUT2D eigenvalue weighted by Gasteiger charge is 1.97. The minimum Gasteiger partial charge on any atom is -0.397 e. The van der Waals surface area contributed by atoms with Crippen molar-refractivity contribution in [3.8, 4) is 0 Å². The van der Waals surface area contributed by atoms with E-state index in [1.807, 2.05) is 0 Å². The third kappa shape index (κ3) is 2.46. The zero-order valence-electron chi connectivity index (χ0n) is 5.58. The molecule has 0 bridgehead atoms. The van der Waals surface area contributed by atoms with Gasteiger partial charge in [0.2, 0.25) is 0 Å². The molecule has 0 aliphatic rings. The molecule has 0 amide bonds. The van der Waals surface area contributed by atoms with Crippen molar-refractivity contribution in [3.05, 3.63) is 24.0 Å². The van der Waals surface area contributed by atoms with Crippen molar-refractivity contribution in [1.29, 1.82) is 0 Å². The second-order valence-electron chi connectivity index (χ2n) is 1.74. The van der Waals surface area contributed by atoms with E-state index in [0.717, 1.165) is 0 Å². The Labute approximate surface area is 68.7 Å². The summed E-state index contributed by atoms with van der Waals surface area (Å²) in [4.78, 5) is 0. The van der Waals surface area contributed by atoms with E-state index >= 15 is 0 Å². The van der Waals surface area contributed by atoms with Gasteiger partial charge in [-0.3, -0.25) is 0 Å². The Morgan fingerprint density at radius 2 is 1.82 bits per heavy atom. The molecule has 0 aliphatic carbocycles. The molecule has 60 valence electrons. The maximum atomic E-state index is 12.4. The number of anilines is 2. The van der Waals surface area contributed by atoms with Crippen molar-refractivity contribution in [3.63, 3.8) is 0 Å². The van der Waals surface area contributed by atoms with Crippen molar-refractivity contribution in [2.45, 2.75) is 0 Å². The van der Waals surface area contributed by atoms with Crippen molar-refractivity contribution in [2.24, 2.45) is 0 Å². The number of halogens is 1. The molecule has 0 saturated heterocycles. The van der Waals surface area contributed by atoms with E-state index in [2.05, 4.69) is 12.5 Å². The normalized spacial score (nSPS) is 8.09. The summed E-state index contributed by atoms with van der Waals surface area (Å²) >= 11 is 2.83. The zero-order chi connectivity index (χ0) is 8.85. The summed E-state index contributed by atoms with van der Waals surface area (Å²) in [6.45, 7) is 0. The van der Waals surface area contributed by atoms with E-state index < -0.39 is 5.82 Å². The molecule has 0 heterocycles. The molecule has 0 spiro atoms. The van der Waals surface area contributed by atoms with Crippen LogP contribution >= 0.6 is 0 Å². The maximum Gasteiger partial charge on any atom is 0.197 e. The Bertz CT molecular complexity index is 224. The molecule has 0 saturated carbocycles. The van der Waals surface area contributed by atoms with E-state index in [9.17, 15) is 4.39 Å². The van der Waals surface area contributed by atoms with E-state index in [1.165, 1.54) is 12.1 Å². The van der Waals surface area contributed by atoms with Crippen LogP contribution in [0.1, 0.15) is 0 Å². The molecule has 0 aromatic heterocycles. The molecular formula is C6H7FN2OS. The van der Waals surface area contributed by atoms with E-state index in [4.69, 9.17) is 15.7 Å². The average Bonchev–Trinajstić information content (AvgIpc) is 2.04. The van der Waals surface area contributed by atoms with Gasteiger partial charge >= 0.3 is 0 Å². The first-order valence-electron chi connectivity index (χ1n) is 2.68. The number of para-hydroxylation sites is 1. The number of benzene rings is 1. The van der Waals surface area contributed by atoms with E-state index in [-0.39, 0.29) is 11.4 Å².